The molecule has 0 aliphatic heterocycles. The van der Waals surface area contributed by atoms with Crippen molar-refractivity contribution in [3.63, 3.8) is 0 Å². The van der Waals surface area contributed by atoms with Crippen LogP contribution in [0.25, 0.3) is 21.8 Å². The molecular weight excluding hydrogens is 402 g/mol. The molecule has 0 aliphatic rings. The summed E-state index contributed by atoms with van der Waals surface area (Å²) in [7, 11) is -3.94. The first-order valence-corrected chi connectivity index (χ1v) is 9.43. The molecule has 3 heterocycles. The maximum absolute atomic E-state index is 8.49. The Kier molecular flexibility index (Phi) is 8.16. The standard InChI is InChI=1S/C18H13N3O.CH4O.ClHO4/c1-2-10-19-15(5-1)12-22-16-9-8-14-7-6-13-4-3-11-20-17(13)18(14)21-16;1-2;2-1(3,4)5/h1-11H,12H2;2H,1H3;(H,2,3,4,5). The molecule has 0 unspecified atom stereocenters. The van der Waals surface area contributed by atoms with Crippen LogP contribution in [0.3, 0.4) is 0 Å². The molecule has 3 aromatic heterocycles. The molecule has 1 aromatic carbocycles. The highest BCUT2D eigenvalue weighted by Gasteiger charge is 2.09. The molecule has 0 bridgehead atoms. The second-order valence-electron chi connectivity index (χ2n) is 5.41. The quantitative estimate of drug-likeness (QED) is 0.374. The van der Waals surface area contributed by atoms with Crippen molar-refractivity contribution in [3.8, 4) is 5.88 Å². The maximum atomic E-state index is 8.49. The van der Waals surface area contributed by atoms with Gasteiger partial charge in [-0.15, -0.1) is 10.2 Å². The van der Waals surface area contributed by atoms with Gasteiger partial charge in [-0.3, -0.25) is 4.98 Å². The van der Waals surface area contributed by atoms with E-state index in [-0.39, 0.29) is 0 Å². The van der Waals surface area contributed by atoms with Crippen molar-refractivity contribution in [3.05, 3.63) is 72.7 Å². The summed E-state index contributed by atoms with van der Waals surface area (Å²) in [5, 5.41) is 9.21. The fourth-order valence-corrected chi connectivity index (χ4v) is 2.47. The summed E-state index contributed by atoms with van der Waals surface area (Å²) >= 11 is 0. The fourth-order valence-electron chi connectivity index (χ4n) is 2.47. The van der Waals surface area contributed by atoms with E-state index in [0.717, 1.165) is 34.6 Å². The van der Waals surface area contributed by atoms with Gasteiger partial charge in [0.15, 0.2) is 6.20 Å². The normalized spacial score (nSPS) is 10.6. The minimum Gasteiger partial charge on any atom is -0.471 e. The van der Waals surface area contributed by atoms with Crippen LogP contribution in [0.1, 0.15) is 5.69 Å². The van der Waals surface area contributed by atoms with E-state index in [2.05, 4.69) is 33.2 Å². The van der Waals surface area contributed by atoms with E-state index in [0.29, 0.717) is 12.5 Å². The van der Waals surface area contributed by atoms with Gasteiger partial charge in [0.2, 0.25) is 11.4 Å². The molecule has 0 fully saturated rings. The number of fused-ring (bicyclic) bond motifs is 3. The molecule has 4 aromatic rings. The molecule has 0 saturated heterocycles. The molecule has 0 radical (unpaired) electrons. The third-order valence-electron chi connectivity index (χ3n) is 3.56. The number of nitrogens with one attached hydrogen (secondary N) is 1. The lowest BCUT2D eigenvalue weighted by atomic mass is 10.1. The number of hydrogen-bond donors (Lipinski definition) is 1. The Hall–Kier alpha value is -2.92. The zero-order valence-electron chi connectivity index (χ0n) is 15.3. The van der Waals surface area contributed by atoms with E-state index < -0.39 is 10.2 Å². The van der Waals surface area contributed by atoms with E-state index >= 15 is 0 Å². The van der Waals surface area contributed by atoms with E-state index in [1.807, 2.05) is 42.6 Å². The summed E-state index contributed by atoms with van der Waals surface area (Å²) in [5.41, 5.74) is 2.81. The summed E-state index contributed by atoms with van der Waals surface area (Å²) in [5.74, 6) is 0.600. The Morgan fingerprint density at radius 1 is 0.931 bits per heavy atom. The highest BCUT2D eigenvalue weighted by Crippen LogP contribution is 2.23. The summed E-state index contributed by atoms with van der Waals surface area (Å²) in [6.07, 6.45) is 3.67. The van der Waals surface area contributed by atoms with Crippen LogP contribution in [0.5, 0.6) is 5.88 Å². The number of benzene rings is 1. The van der Waals surface area contributed by atoms with Crippen LogP contribution < -0.4 is 28.4 Å². The third kappa shape index (κ3) is 7.20. The van der Waals surface area contributed by atoms with Gasteiger partial charge in [0, 0.05) is 36.2 Å². The topological polar surface area (TPSA) is 162 Å². The van der Waals surface area contributed by atoms with Crippen LogP contribution >= 0.6 is 0 Å². The smallest absolute Gasteiger partial charge is 0.237 e. The van der Waals surface area contributed by atoms with Crippen molar-refractivity contribution in [1.29, 1.82) is 0 Å². The van der Waals surface area contributed by atoms with Crippen molar-refractivity contribution >= 4 is 21.8 Å². The van der Waals surface area contributed by atoms with Crippen LogP contribution in [0.2, 0.25) is 0 Å². The van der Waals surface area contributed by atoms with Gasteiger partial charge in [0.25, 0.3) is 0 Å². The number of ether oxygens (including phenoxy) is 1. The van der Waals surface area contributed by atoms with Crippen molar-refractivity contribution in [2.24, 2.45) is 0 Å². The summed E-state index contributed by atoms with van der Waals surface area (Å²) in [6.45, 7) is 0.411. The Labute approximate surface area is 168 Å². The number of pyridine rings is 3. The molecule has 0 saturated carbocycles. The van der Waals surface area contributed by atoms with Gasteiger partial charge >= 0.3 is 0 Å². The largest absolute Gasteiger partial charge is 0.471 e. The van der Waals surface area contributed by atoms with Crippen LogP contribution in [0, 0.1) is 10.2 Å². The second-order valence-corrected chi connectivity index (χ2v) is 6.16. The van der Waals surface area contributed by atoms with Crippen molar-refractivity contribution in [1.82, 2.24) is 9.97 Å². The molecule has 10 heteroatoms. The van der Waals surface area contributed by atoms with Crippen LogP contribution in [-0.2, 0) is 6.61 Å². The number of aromatic amines is 1. The van der Waals surface area contributed by atoms with Crippen LogP contribution in [0.15, 0.2) is 67.0 Å². The van der Waals surface area contributed by atoms with Gasteiger partial charge in [-0.25, -0.2) is 28.6 Å². The van der Waals surface area contributed by atoms with Crippen molar-refractivity contribution in [2.45, 2.75) is 6.61 Å². The lowest BCUT2D eigenvalue weighted by molar-refractivity contribution is -2.00. The summed E-state index contributed by atoms with van der Waals surface area (Å²) < 4.78 is 39.7. The monoisotopic (exact) mass is 419 g/mol. The van der Waals surface area contributed by atoms with Gasteiger partial charge in [0.1, 0.15) is 12.1 Å². The highest BCUT2D eigenvalue weighted by atomic mass is 35.7. The first-order valence-electron chi connectivity index (χ1n) is 8.19. The number of rotatable bonds is 3. The number of aliphatic hydroxyl groups excluding tert-OH is 1. The molecule has 0 atom stereocenters. The predicted octanol–water partition coefficient (Wildman–Crippen LogP) is -1.97. The Morgan fingerprint density at radius 3 is 2.31 bits per heavy atom. The molecule has 152 valence electrons. The Bertz CT molecular complexity index is 1040. The van der Waals surface area contributed by atoms with E-state index in [4.69, 9.17) is 28.5 Å². The average molecular weight is 420 g/mol. The number of H-pyrrole nitrogens is 1. The van der Waals surface area contributed by atoms with Crippen LogP contribution in [-0.4, -0.2) is 22.2 Å². The molecular formula is C19H18ClN3O6. The zero-order valence-corrected chi connectivity index (χ0v) is 16.1. The Balaban J connectivity index is 0.000000378. The molecule has 0 amide bonds. The average Bonchev–Trinajstić information content (AvgIpc) is 2.73. The van der Waals surface area contributed by atoms with Gasteiger partial charge in [0.05, 0.1) is 5.69 Å². The first-order chi connectivity index (χ1) is 13.9. The SMILES string of the molecule is CO.[O-][Cl+3]([O-])([O-])[O-].c1ccc(COc2ccc3ccc4ccc[nH+]c4c3n2)nc1. The number of aliphatic hydroxyl groups is 1. The van der Waals surface area contributed by atoms with Crippen LogP contribution in [0.4, 0.5) is 0 Å². The third-order valence-corrected chi connectivity index (χ3v) is 3.56. The van der Waals surface area contributed by atoms with Crippen molar-refractivity contribution in [2.75, 3.05) is 7.11 Å². The number of nitrogens with zero attached hydrogens (tertiary/aromatic N) is 2. The number of aromatic nitrogens is 3. The molecule has 9 nitrogen and oxygen atoms in total. The fraction of sp³-hybridized carbons (Fsp3) is 0.105. The van der Waals surface area contributed by atoms with E-state index in [1.54, 1.807) is 6.20 Å². The molecule has 0 spiro atoms. The van der Waals surface area contributed by atoms with Gasteiger partial charge in [-0.05, 0) is 30.3 Å². The minimum absolute atomic E-state index is 0.411. The van der Waals surface area contributed by atoms with Gasteiger partial charge < -0.3 is 9.84 Å². The molecule has 0 aliphatic carbocycles. The predicted molar refractivity (Wildman–Crippen MR) is 92.5 cm³/mol. The lowest BCUT2D eigenvalue weighted by Gasteiger charge is -2.17. The maximum Gasteiger partial charge on any atom is 0.237 e. The van der Waals surface area contributed by atoms with E-state index in [9.17, 15) is 0 Å². The second kappa shape index (κ2) is 10.6. The lowest BCUT2D eigenvalue weighted by Crippen LogP contribution is -2.68. The number of hydrogen-bond acceptors (Lipinski definition) is 8. The molecule has 2 N–H and O–H groups in total. The van der Waals surface area contributed by atoms with Gasteiger partial charge in [-0.2, -0.15) is 0 Å². The highest BCUT2D eigenvalue weighted by molar-refractivity contribution is 6.00. The Morgan fingerprint density at radius 2 is 1.62 bits per heavy atom. The zero-order chi connectivity index (χ0) is 21.3. The minimum atomic E-state index is -4.94. The molecule has 4 rings (SSSR count). The van der Waals surface area contributed by atoms with E-state index in [1.165, 1.54) is 0 Å². The summed E-state index contributed by atoms with van der Waals surface area (Å²) in [4.78, 5) is 12.1. The molecule has 29 heavy (non-hydrogen) atoms. The first kappa shape index (κ1) is 22.4. The summed E-state index contributed by atoms with van der Waals surface area (Å²) in [6, 6.07) is 17.9. The van der Waals surface area contributed by atoms with Gasteiger partial charge in [-0.1, -0.05) is 12.1 Å². The van der Waals surface area contributed by atoms with Crippen molar-refractivity contribution < 1.29 is 43.7 Å². The number of halogens is 1.